The molecule has 5 nitrogen and oxygen atoms in total. The Labute approximate surface area is 151 Å². The van der Waals surface area contributed by atoms with Gasteiger partial charge in [0, 0.05) is 5.54 Å². The third kappa shape index (κ3) is 4.88. The second-order valence-electron chi connectivity index (χ2n) is 7.61. The van der Waals surface area contributed by atoms with Crippen LogP contribution < -0.4 is 20.5 Å². The molecule has 1 aliphatic rings. The number of rotatable bonds is 6. The number of nitrogens with two attached hydrogens (primary N) is 1. The molecule has 1 aromatic rings. The topological polar surface area (TPSA) is 73.6 Å². The number of hydrogen-bond acceptors (Lipinski definition) is 4. The Bertz CT molecular complexity index is 599. The van der Waals surface area contributed by atoms with Crippen LogP contribution in [0.1, 0.15) is 65.0 Å². The van der Waals surface area contributed by atoms with Crippen LogP contribution in [-0.4, -0.2) is 24.7 Å². The molecule has 1 amide bonds. The minimum absolute atomic E-state index is 0.0404. The Morgan fingerprint density at radius 2 is 2.00 bits per heavy atom. The van der Waals surface area contributed by atoms with Crippen LogP contribution in [0.4, 0.5) is 0 Å². The summed E-state index contributed by atoms with van der Waals surface area (Å²) in [6, 6.07) is 5.66. The van der Waals surface area contributed by atoms with Crippen LogP contribution in [0.25, 0.3) is 0 Å². The van der Waals surface area contributed by atoms with Gasteiger partial charge in [0.05, 0.1) is 25.2 Å². The van der Waals surface area contributed by atoms with Gasteiger partial charge < -0.3 is 20.5 Å². The maximum atomic E-state index is 12.7. The first kappa shape index (κ1) is 19.6. The van der Waals surface area contributed by atoms with Crippen LogP contribution in [0.3, 0.4) is 0 Å². The number of nitrogens with one attached hydrogen (secondary N) is 1. The molecule has 25 heavy (non-hydrogen) atoms. The summed E-state index contributed by atoms with van der Waals surface area (Å²) in [4.78, 5) is 12.7. The van der Waals surface area contributed by atoms with Gasteiger partial charge in [0.25, 0.3) is 0 Å². The van der Waals surface area contributed by atoms with Gasteiger partial charge >= 0.3 is 0 Å². The number of ether oxygens (including phenoxy) is 2. The summed E-state index contributed by atoms with van der Waals surface area (Å²) in [6.07, 6.45) is 3.99. The molecule has 1 fully saturated rings. The maximum Gasteiger partial charge on any atom is 0.225 e. The summed E-state index contributed by atoms with van der Waals surface area (Å²) in [7, 11) is 1.62. The van der Waals surface area contributed by atoms with E-state index in [0.29, 0.717) is 11.5 Å². The van der Waals surface area contributed by atoms with Crippen LogP contribution in [0.5, 0.6) is 11.5 Å². The van der Waals surface area contributed by atoms with E-state index in [-0.39, 0.29) is 24.0 Å². The third-order valence-corrected chi connectivity index (χ3v) is 4.98. The Morgan fingerprint density at radius 3 is 2.60 bits per heavy atom. The molecule has 140 valence electrons. The van der Waals surface area contributed by atoms with Crippen LogP contribution in [0.2, 0.25) is 0 Å². The number of methoxy groups -OCH3 is 1. The minimum Gasteiger partial charge on any atom is -0.493 e. The number of hydrogen-bond donors (Lipinski definition) is 2. The van der Waals surface area contributed by atoms with Gasteiger partial charge in [-0.25, -0.2) is 0 Å². The first-order chi connectivity index (χ1) is 11.7. The second kappa shape index (κ2) is 8.09. The fourth-order valence-electron chi connectivity index (χ4n) is 3.49. The molecule has 3 N–H and O–H groups in total. The van der Waals surface area contributed by atoms with E-state index in [1.54, 1.807) is 7.11 Å². The average molecular weight is 348 g/mol. The van der Waals surface area contributed by atoms with Crippen molar-refractivity contribution in [3.05, 3.63) is 23.8 Å². The fourth-order valence-corrected chi connectivity index (χ4v) is 3.49. The monoisotopic (exact) mass is 348 g/mol. The van der Waals surface area contributed by atoms with Crippen molar-refractivity contribution in [3.8, 4) is 11.5 Å². The molecule has 5 heteroatoms. The normalized spacial score (nSPS) is 24.7. The van der Waals surface area contributed by atoms with Crippen molar-refractivity contribution in [2.45, 2.75) is 71.1 Å². The summed E-state index contributed by atoms with van der Waals surface area (Å²) in [5.41, 5.74) is 6.91. The van der Waals surface area contributed by atoms with Gasteiger partial charge in [-0.3, -0.25) is 4.79 Å². The molecule has 0 spiro atoms. The van der Waals surface area contributed by atoms with Crippen molar-refractivity contribution >= 4 is 5.91 Å². The standard InChI is InChI=1S/C20H32N2O3/c1-13(2)25-17-10-9-15(12-18(17)24-5)14(3)22-19(23)16-8-6-7-11-20(16,4)21/h9-10,12-14,16H,6-8,11,21H2,1-5H3,(H,22,23). The van der Waals surface area contributed by atoms with E-state index in [1.807, 2.05) is 45.9 Å². The molecule has 0 aromatic heterocycles. The zero-order valence-corrected chi connectivity index (χ0v) is 16.1. The Morgan fingerprint density at radius 1 is 1.28 bits per heavy atom. The highest BCUT2D eigenvalue weighted by Crippen LogP contribution is 2.33. The predicted molar refractivity (Wildman–Crippen MR) is 99.9 cm³/mol. The SMILES string of the molecule is COc1cc(C(C)NC(=O)C2CCCCC2(C)N)ccc1OC(C)C. The quantitative estimate of drug-likeness (QED) is 0.824. The van der Waals surface area contributed by atoms with Crippen molar-refractivity contribution in [1.29, 1.82) is 0 Å². The van der Waals surface area contributed by atoms with Crippen molar-refractivity contribution in [1.82, 2.24) is 5.32 Å². The first-order valence-electron chi connectivity index (χ1n) is 9.18. The smallest absolute Gasteiger partial charge is 0.225 e. The highest BCUT2D eigenvalue weighted by Gasteiger charge is 2.38. The molecule has 0 radical (unpaired) electrons. The summed E-state index contributed by atoms with van der Waals surface area (Å²) in [5, 5.41) is 3.12. The second-order valence-corrected chi connectivity index (χ2v) is 7.61. The lowest BCUT2D eigenvalue weighted by Crippen LogP contribution is -2.53. The van der Waals surface area contributed by atoms with Crippen molar-refractivity contribution in [3.63, 3.8) is 0 Å². The number of amides is 1. The molecule has 0 aliphatic heterocycles. The van der Waals surface area contributed by atoms with E-state index in [1.165, 1.54) is 0 Å². The molecule has 0 bridgehead atoms. The van der Waals surface area contributed by atoms with E-state index in [9.17, 15) is 4.79 Å². The van der Waals surface area contributed by atoms with Gasteiger partial charge in [-0.15, -0.1) is 0 Å². The Kier molecular flexibility index (Phi) is 6.33. The lowest BCUT2D eigenvalue weighted by Gasteiger charge is -2.37. The van der Waals surface area contributed by atoms with E-state index >= 15 is 0 Å². The zero-order valence-electron chi connectivity index (χ0n) is 16.1. The molecule has 2 rings (SSSR count). The van der Waals surface area contributed by atoms with Gasteiger partial charge in [-0.1, -0.05) is 18.9 Å². The van der Waals surface area contributed by atoms with Crippen LogP contribution in [-0.2, 0) is 4.79 Å². The number of carbonyl (C=O) groups is 1. The summed E-state index contributed by atoms with van der Waals surface area (Å²) >= 11 is 0. The van der Waals surface area contributed by atoms with Crippen molar-refractivity contribution < 1.29 is 14.3 Å². The molecular formula is C20H32N2O3. The molecule has 0 saturated heterocycles. The molecule has 0 heterocycles. The molecule has 3 unspecified atom stereocenters. The van der Waals surface area contributed by atoms with Gasteiger partial charge in [-0.2, -0.15) is 0 Å². The molecule has 1 aliphatic carbocycles. The van der Waals surface area contributed by atoms with Crippen molar-refractivity contribution in [2.24, 2.45) is 11.7 Å². The summed E-state index contributed by atoms with van der Waals surface area (Å²) in [5.74, 6) is 1.29. The average Bonchev–Trinajstić information content (AvgIpc) is 2.53. The van der Waals surface area contributed by atoms with E-state index in [4.69, 9.17) is 15.2 Å². The third-order valence-electron chi connectivity index (χ3n) is 4.98. The predicted octanol–water partition coefficient (Wildman–Crippen LogP) is 3.57. The van der Waals surface area contributed by atoms with Gasteiger partial charge in [0.2, 0.25) is 5.91 Å². The molecule has 1 aromatic carbocycles. The summed E-state index contributed by atoms with van der Waals surface area (Å²) < 4.78 is 11.2. The lowest BCUT2D eigenvalue weighted by atomic mass is 9.74. The fraction of sp³-hybridized carbons (Fsp3) is 0.650. The van der Waals surface area contributed by atoms with Gasteiger partial charge in [-0.05, 0) is 58.2 Å². The Balaban J connectivity index is 2.09. The van der Waals surface area contributed by atoms with Gasteiger partial charge in [0.1, 0.15) is 0 Å². The highest BCUT2D eigenvalue weighted by molar-refractivity contribution is 5.80. The molecule has 3 atom stereocenters. The largest absolute Gasteiger partial charge is 0.493 e. The molecular weight excluding hydrogens is 316 g/mol. The summed E-state index contributed by atoms with van der Waals surface area (Å²) in [6.45, 7) is 7.92. The maximum absolute atomic E-state index is 12.7. The van der Waals surface area contributed by atoms with E-state index in [0.717, 1.165) is 31.2 Å². The minimum atomic E-state index is -0.422. The molecule has 1 saturated carbocycles. The van der Waals surface area contributed by atoms with Crippen molar-refractivity contribution in [2.75, 3.05) is 7.11 Å². The first-order valence-corrected chi connectivity index (χ1v) is 9.18. The van der Waals surface area contributed by atoms with Crippen LogP contribution in [0, 0.1) is 5.92 Å². The lowest BCUT2D eigenvalue weighted by molar-refractivity contribution is -0.128. The van der Waals surface area contributed by atoms with Gasteiger partial charge in [0.15, 0.2) is 11.5 Å². The van der Waals surface area contributed by atoms with E-state index in [2.05, 4.69) is 5.32 Å². The highest BCUT2D eigenvalue weighted by atomic mass is 16.5. The van der Waals surface area contributed by atoms with Crippen LogP contribution in [0.15, 0.2) is 18.2 Å². The number of carbonyl (C=O) groups excluding carboxylic acids is 1. The number of benzene rings is 1. The van der Waals surface area contributed by atoms with E-state index < -0.39 is 5.54 Å². The van der Waals surface area contributed by atoms with Crippen LogP contribution >= 0.6 is 0 Å². The zero-order chi connectivity index (χ0) is 18.6. The Hall–Kier alpha value is -1.75.